The second kappa shape index (κ2) is 5.29. The highest BCUT2D eigenvalue weighted by Crippen LogP contribution is 2.17. The quantitative estimate of drug-likeness (QED) is 0.908. The van der Waals surface area contributed by atoms with E-state index in [9.17, 15) is 4.39 Å². The lowest BCUT2D eigenvalue weighted by Gasteiger charge is -2.04. The minimum Gasteiger partial charge on any atom is -0.330 e. The molecule has 3 nitrogen and oxygen atoms in total. The van der Waals surface area contributed by atoms with Crippen molar-refractivity contribution in [3.05, 3.63) is 52.6 Å². The second-order valence-electron chi connectivity index (χ2n) is 3.79. The van der Waals surface area contributed by atoms with Crippen molar-refractivity contribution in [1.82, 2.24) is 9.78 Å². The predicted octanol–water partition coefficient (Wildman–Crippen LogP) is 2.23. The molecule has 90 valence electrons. The monoisotopic (exact) mass is 253 g/mol. The summed E-state index contributed by atoms with van der Waals surface area (Å²) in [5, 5.41) is 4.74. The highest BCUT2D eigenvalue weighted by atomic mass is 35.5. The standard InChI is InChI=1S/C12H13ClFN3/c13-12-10(4-5-15)7-16-17(12)8-9-2-1-3-11(14)6-9/h1-3,6-7H,4-5,8,15H2. The normalized spacial score (nSPS) is 10.8. The van der Waals surface area contributed by atoms with Crippen LogP contribution < -0.4 is 5.73 Å². The number of hydrogen-bond acceptors (Lipinski definition) is 2. The summed E-state index contributed by atoms with van der Waals surface area (Å²) in [6.07, 6.45) is 2.40. The molecule has 2 N–H and O–H groups in total. The van der Waals surface area contributed by atoms with E-state index < -0.39 is 0 Å². The minimum atomic E-state index is -0.257. The van der Waals surface area contributed by atoms with Crippen LogP contribution in [0.1, 0.15) is 11.1 Å². The molecular weight excluding hydrogens is 241 g/mol. The Morgan fingerprint density at radius 1 is 1.41 bits per heavy atom. The highest BCUT2D eigenvalue weighted by Gasteiger charge is 2.08. The van der Waals surface area contributed by atoms with E-state index in [1.807, 2.05) is 6.07 Å². The lowest BCUT2D eigenvalue weighted by atomic mass is 10.2. The molecule has 1 aromatic carbocycles. The first kappa shape index (κ1) is 12.1. The SMILES string of the molecule is NCCc1cnn(Cc2cccc(F)c2)c1Cl. The molecule has 0 aliphatic carbocycles. The Labute approximate surface area is 104 Å². The third kappa shape index (κ3) is 2.84. The number of hydrogen-bond donors (Lipinski definition) is 1. The zero-order valence-corrected chi connectivity index (χ0v) is 9.99. The molecule has 17 heavy (non-hydrogen) atoms. The van der Waals surface area contributed by atoms with Gasteiger partial charge in [-0.25, -0.2) is 9.07 Å². The molecule has 2 aromatic rings. The van der Waals surface area contributed by atoms with Crippen LogP contribution in [0.4, 0.5) is 4.39 Å². The molecule has 0 spiro atoms. The van der Waals surface area contributed by atoms with Gasteiger partial charge >= 0.3 is 0 Å². The fourth-order valence-electron chi connectivity index (χ4n) is 1.65. The lowest BCUT2D eigenvalue weighted by molar-refractivity contribution is 0.619. The van der Waals surface area contributed by atoms with Gasteiger partial charge in [-0.15, -0.1) is 0 Å². The Morgan fingerprint density at radius 3 is 2.94 bits per heavy atom. The van der Waals surface area contributed by atoms with E-state index in [-0.39, 0.29) is 5.82 Å². The molecule has 0 unspecified atom stereocenters. The smallest absolute Gasteiger partial charge is 0.130 e. The van der Waals surface area contributed by atoms with Crippen molar-refractivity contribution in [2.24, 2.45) is 5.73 Å². The van der Waals surface area contributed by atoms with Gasteiger partial charge in [-0.2, -0.15) is 5.10 Å². The third-order valence-corrected chi connectivity index (χ3v) is 2.92. The van der Waals surface area contributed by atoms with Crippen LogP contribution in [0, 0.1) is 5.82 Å². The van der Waals surface area contributed by atoms with Crippen LogP contribution in [0.5, 0.6) is 0 Å². The van der Waals surface area contributed by atoms with Crippen molar-refractivity contribution < 1.29 is 4.39 Å². The first-order chi connectivity index (χ1) is 8.20. The Hall–Kier alpha value is -1.39. The minimum absolute atomic E-state index is 0.257. The van der Waals surface area contributed by atoms with Crippen molar-refractivity contribution in [3.8, 4) is 0 Å². The summed E-state index contributed by atoms with van der Waals surface area (Å²) in [4.78, 5) is 0. The molecule has 0 saturated carbocycles. The Kier molecular flexibility index (Phi) is 3.76. The molecule has 0 aliphatic heterocycles. The molecule has 0 amide bonds. The van der Waals surface area contributed by atoms with Crippen LogP contribution >= 0.6 is 11.6 Å². The molecule has 0 fully saturated rings. The van der Waals surface area contributed by atoms with Gasteiger partial charge in [-0.3, -0.25) is 0 Å². The summed E-state index contributed by atoms with van der Waals surface area (Å²) in [6.45, 7) is 0.993. The van der Waals surface area contributed by atoms with E-state index in [2.05, 4.69) is 5.10 Å². The summed E-state index contributed by atoms with van der Waals surface area (Å²) in [6, 6.07) is 6.39. The van der Waals surface area contributed by atoms with Crippen LogP contribution in [-0.4, -0.2) is 16.3 Å². The van der Waals surface area contributed by atoms with Crippen LogP contribution in [0.25, 0.3) is 0 Å². The van der Waals surface area contributed by atoms with E-state index in [1.54, 1.807) is 16.9 Å². The molecule has 0 saturated heterocycles. The Bertz CT molecular complexity index is 510. The summed E-state index contributed by atoms with van der Waals surface area (Å²) < 4.78 is 14.7. The maximum atomic E-state index is 13.0. The van der Waals surface area contributed by atoms with E-state index in [0.29, 0.717) is 24.7 Å². The molecule has 0 atom stereocenters. The second-order valence-corrected chi connectivity index (χ2v) is 4.14. The summed E-state index contributed by atoms with van der Waals surface area (Å²) >= 11 is 6.14. The highest BCUT2D eigenvalue weighted by molar-refractivity contribution is 6.30. The van der Waals surface area contributed by atoms with E-state index >= 15 is 0 Å². The van der Waals surface area contributed by atoms with Crippen LogP contribution in [0.15, 0.2) is 30.5 Å². The van der Waals surface area contributed by atoms with Crippen molar-refractivity contribution in [2.75, 3.05) is 6.54 Å². The molecule has 0 aliphatic rings. The number of halogens is 2. The summed E-state index contributed by atoms with van der Waals surface area (Å²) in [5.41, 5.74) is 7.22. The van der Waals surface area contributed by atoms with Crippen LogP contribution in [0.3, 0.4) is 0 Å². The van der Waals surface area contributed by atoms with Gasteiger partial charge in [0.1, 0.15) is 11.0 Å². The van der Waals surface area contributed by atoms with Gasteiger partial charge in [0.05, 0.1) is 12.7 Å². The zero-order valence-electron chi connectivity index (χ0n) is 9.24. The van der Waals surface area contributed by atoms with Gasteiger partial charge in [0.2, 0.25) is 0 Å². The van der Waals surface area contributed by atoms with Crippen molar-refractivity contribution in [1.29, 1.82) is 0 Å². The number of nitrogens with two attached hydrogens (primary N) is 1. The van der Waals surface area contributed by atoms with Crippen molar-refractivity contribution in [2.45, 2.75) is 13.0 Å². The van der Waals surface area contributed by atoms with E-state index in [1.165, 1.54) is 12.1 Å². The average molecular weight is 254 g/mol. The lowest BCUT2D eigenvalue weighted by Crippen LogP contribution is -2.04. The number of benzene rings is 1. The van der Waals surface area contributed by atoms with Crippen LogP contribution in [0.2, 0.25) is 5.15 Å². The van der Waals surface area contributed by atoms with Gasteiger partial charge in [0, 0.05) is 5.56 Å². The third-order valence-electron chi connectivity index (χ3n) is 2.48. The van der Waals surface area contributed by atoms with Gasteiger partial charge in [-0.1, -0.05) is 23.7 Å². The van der Waals surface area contributed by atoms with Gasteiger partial charge in [0.15, 0.2) is 0 Å². The first-order valence-electron chi connectivity index (χ1n) is 5.35. The van der Waals surface area contributed by atoms with Gasteiger partial charge < -0.3 is 5.73 Å². The Morgan fingerprint density at radius 2 is 2.24 bits per heavy atom. The van der Waals surface area contributed by atoms with E-state index in [4.69, 9.17) is 17.3 Å². The molecule has 5 heteroatoms. The summed E-state index contributed by atoms with van der Waals surface area (Å²) in [5.74, 6) is -0.257. The van der Waals surface area contributed by atoms with E-state index in [0.717, 1.165) is 11.1 Å². The molecule has 1 heterocycles. The summed E-state index contributed by atoms with van der Waals surface area (Å²) in [7, 11) is 0. The van der Waals surface area contributed by atoms with Gasteiger partial charge in [-0.05, 0) is 30.7 Å². The molecule has 0 radical (unpaired) electrons. The predicted molar refractivity (Wildman–Crippen MR) is 65.5 cm³/mol. The number of rotatable bonds is 4. The maximum Gasteiger partial charge on any atom is 0.130 e. The maximum absolute atomic E-state index is 13.0. The van der Waals surface area contributed by atoms with Crippen molar-refractivity contribution >= 4 is 11.6 Å². The fourth-order valence-corrected chi connectivity index (χ4v) is 1.90. The number of aromatic nitrogens is 2. The topological polar surface area (TPSA) is 43.8 Å². The first-order valence-corrected chi connectivity index (χ1v) is 5.73. The average Bonchev–Trinajstić information content (AvgIpc) is 2.62. The molecule has 0 bridgehead atoms. The van der Waals surface area contributed by atoms with Gasteiger partial charge in [0.25, 0.3) is 0 Å². The molecule has 1 aromatic heterocycles. The fraction of sp³-hybridized carbons (Fsp3) is 0.250. The number of nitrogens with zero attached hydrogens (tertiary/aromatic N) is 2. The zero-order chi connectivity index (χ0) is 12.3. The molecular formula is C12H13ClFN3. The largest absolute Gasteiger partial charge is 0.330 e. The molecule has 2 rings (SSSR count). The van der Waals surface area contributed by atoms with Crippen molar-refractivity contribution in [3.63, 3.8) is 0 Å². The van der Waals surface area contributed by atoms with Crippen LogP contribution in [-0.2, 0) is 13.0 Å². The Balaban J connectivity index is 2.19.